The predicted molar refractivity (Wildman–Crippen MR) is 93.2 cm³/mol. The Labute approximate surface area is 146 Å². The molecule has 0 radical (unpaired) electrons. The maximum Gasteiger partial charge on any atom is 0.335 e. The number of carbonyl (C=O) groups is 2. The number of hydrogen-bond donors (Lipinski definition) is 2. The molecule has 0 saturated heterocycles. The highest BCUT2D eigenvalue weighted by Gasteiger charge is 2.09. The maximum atomic E-state index is 12.0. The third kappa shape index (κ3) is 5.84. The number of nitrogens with one attached hydrogen (secondary N) is 1. The van der Waals surface area contributed by atoms with Crippen molar-refractivity contribution in [2.75, 3.05) is 13.7 Å². The van der Waals surface area contributed by atoms with Gasteiger partial charge in [0.2, 0.25) is 5.91 Å². The average molecular weight is 343 g/mol. The second-order valence-electron chi connectivity index (χ2n) is 5.59. The zero-order valence-corrected chi connectivity index (χ0v) is 14.2. The minimum atomic E-state index is -0.986. The number of carbonyl (C=O) groups excluding carboxylic acids is 1. The van der Waals surface area contributed by atoms with Crippen LogP contribution in [-0.2, 0) is 11.2 Å². The Morgan fingerprint density at radius 2 is 1.64 bits per heavy atom. The molecule has 0 aliphatic heterocycles. The van der Waals surface area contributed by atoms with Gasteiger partial charge in [-0.15, -0.1) is 0 Å². The van der Waals surface area contributed by atoms with Crippen LogP contribution < -0.4 is 14.8 Å². The molecular formula is C19H21NO5. The van der Waals surface area contributed by atoms with E-state index in [1.165, 1.54) is 12.1 Å². The van der Waals surface area contributed by atoms with Crippen molar-refractivity contribution >= 4 is 11.9 Å². The number of ether oxygens (including phenoxy) is 2. The van der Waals surface area contributed by atoms with Crippen LogP contribution in [0, 0.1) is 0 Å². The third-order valence-electron chi connectivity index (χ3n) is 3.55. The lowest BCUT2D eigenvalue weighted by molar-refractivity contribution is -0.120. The summed E-state index contributed by atoms with van der Waals surface area (Å²) in [5.41, 5.74) is 0.955. The number of aromatic carboxylic acids is 1. The molecule has 0 fully saturated rings. The van der Waals surface area contributed by atoms with Crippen LogP contribution in [0.2, 0.25) is 0 Å². The topological polar surface area (TPSA) is 84.9 Å². The highest BCUT2D eigenvalue weighted by Crippen LogP contribution is 2.18. The fraction of sp³-hybridized carbons (Fsp3) is 0.263. The predicted octanol–water partition coefficient (Wildman–Crippen LogP) is 2.52. The first-order valence-corrected chi connectivity index (χ1v) is 7.87. The van der Waals surface area contributed by atoms with Crippen molar-refractivity contribution in [1.29, 1.82) is 0 Å². The number of benzene rings is 2. The molecule has 25 heavy (non-hydrogen) atoms. The SMILES string of the molecule is COc1ccc(OC(C)CNC(=O)Cc2ccc(C(=O)O)cc2)cc1. The van der Waals surface area contributed by atoms with Crippen molar-refractivity contribution in [3.8, 4) is 11.5 Å². The molecule has 2 aromatic rings. The second kappa shape index (κ2) is 8.73. The largest absolute Gasteiger partial charge is 0.497 e. The van der Waals surface area contributed by atoms with Gasteiger partial charge in [-0.3, -0.25) is 4.79 Å². The molecule has 6 heteroatoms. The summed E-state index contributed by atoms with van der Waals surface area (Å²) in [6, 6.07) is 13.5. The first-order valence-electron chi connectivity index (χ1n) is 7.87. The molecule has 0 heterocycles. The molecule has 2 aromatic carbocycles. The number of carboxylic acids is 1. The summed E-state index contributed by atoms with van der Waals surface area (Å²) in [6.07, 6.45) is 0.00143. The van der Waals surface area contributed by atoms with E-state index >= 15 is 0 Å². The van der Waals surface area contributed by atoms with Crippen LogP contribution in [0.25, 0.3) is 0 Å². The van der Waals surface area contributed by atoms with E-state index in [2.05, 4.69) is 5.32 Å². The van der Waals surface area contributed by atoms with E-state index in [0.29, 0.717) is 12.3 Å². The van der Waals surface area contributed by atoms with Gasteiger partial charge in [-0.1, -0.05) is 12.1 Å². The summed E-state index contributed by atoms with van der Waals surface area (Å²) >= 11 is 0. The van der Waals surface area contributed by atoms with Gasteiger partial charge >= 0.3 is 5.97 Å². The van der Waals surface area contributed by atoms with Gasteiger partial charge in [-0.2, -0.15) is 0 Å². The number of carboxylic acid groups (broad SMARTS) is 1. The first kappa shape index (κ1) is 18.3. The first-order chi connectivity index (χ1) is 12.0. The summed E-state index contributed by atoms with van der Waals surface area (Å²) in [5.74, 6) is 0.322. The van der Waals surface area contributed by atoms with E-state index in [4.69, 9.17) is 14.6 Å². The van der Waals surface area contributed by atoms with Crippen LogP contribution in [0.5, 0.6) is 11.5 Å². The molecule has 2 N–H and O–H groups in total. The Morgan fingerprint density at radius 1 is 1.04 bits per heavy atom. The van der Waals surface area contributed by atoms with Gasteiger partial charge in [0, 0.05) is 0 Å². The minimum Gasteiger partial charge on any atom is -0.497 e. The summed E-state index contributed by atoms with van der Waals surface area (Å²) in [6.45, 7) is 2.24. The van der Waals surface area contributed by atoms with Crippen LogP contribution in [0.1, 0.15) is 22.8 Å². The second-order valence-corrected chi connectivity index (χ2v) is 5.59. The molecule has 0 spiro atoms. The van der Waals surface area contributed by atoms with E-state index in [0.717, 1.165) is 11.3 Å². The molecule has 0 aromatic heterocycles. The minimum absolute atomic E-state index is 0.145. The monoisotopic (exact) mass is 343 g/mol. The van der Waals surface area contributed by atoms with Gasteiger partial charge in [-0.05, 0) is 48.9 Å². The smallest absolute Gasteiger partial charge is 0.335 e. The number of rotatable bonds is 8. The molecule has 1 atom stereocenters. The van der Waals surface area contributed by atoms with Crippen molar-refractivity contribution in [3.05, 3.63) is 59.7 Å². The molecule has 0 saturated carbocycles. The molecular weight excluding hydrogens is 322 g/mol. The Morgan fingerprint density at radius 3 is 2.20 bits per heavy atom. The Kier molecular flexibility index (Phi) is 6.39. The highest BCUT2D eigenvalue weighted by atomic mass is 16.5. The number of amides is 1. The normalized spacial score (nSPS) is 11.4. The Bertz CT molecular complexity index is 710. The summed E-state index contributed by atoms with van der Waals surface area (Å²) in [7, 11) is 1.60. The molecule has 0 bridgehead atoms. The van der Waals surface area contributed by atoms with E-state index in [-0.39, 0.29) is 24.0 Å². The van der Waals surface area contributed by atoms with Gasteiger partial charge < -0.3 is 19.9 Å². The van der Waals surface area contributed by atoms with Crippen molar-refractivity contribution in [2.45, 2.75) is 19.4 Å². The van der Waals surface area contributed by atoms with Gasteiger partial charge in [-0.25, -0.2) is 4.79 Å². The molecule has 0 aliphatic rings. The fourth-order valence-electron chi connectivity index (χ4n) is 2.20. The van der Waals surface area contributed by atoms with Crippen molar-refractivity contribution in [2.24, 2.45) is 0 Å². The van der Waals surface area contributed by atoms with Crippen LogP contribution in [-0.4, -0.2) is 36.7 Å². The maximum absolute atomic E-state index is 12.0. The van der Waals surface area contributed by atoms with Gasteiger partial charge in [0.1, 0.15) is 17.6 Å². The van der Waals surface area contributed by atoms with Crippen LogP contribution in [0.15, 0.2) is 48.5 Å². The standard InChI is InChI=1S/C19H21NO5/c1-13(25-17-9-7-16(24-2)8-10-17)12-20-18(21)11-14-3-5-15(6-4-14)19(22)23/h3-10,13H,11-12H2,1-2H3,(H,20,21)(H,22,23). The summed E-state index contributed by atoms with van der Waals surface area (Å²) in [5, 5.41) is 11.7. The highest BCUT2D eigenvalue weighted by molar-refractivity contribution is 5.87. The Hall–Kier alpha value is -3.02. The summed E-state index contributed by atoms with van der Waals surface area (Å²) < 4.78 is 10.8. The van der Waals surface area contributed by atoms with E-state index in [1.54, 1.807) is 43.5 Å². The molecule has 0 aliphatic carbocycles. The van der Waals surface area contributed by atoms with Gasteiger partial charge in [0.05, 0.1) is 25.6 Å². The molecule has 6 nitrogen and oxygen atoms in total. The fourth-order valence-corrected chi connectivity index (χ4v) is 2.20. The Balaban J connectivity index is 1.77. The lowest BCUT2D eigenvalue weighted by Gasteiger charge is -2.15. The quantitative estimate of drug-likeness (QED) is 0.769. The molecule has 1 amide bonds. The van der Waals surface area contributed by atoms with Gasteiger partial charge in [0.25, 0.3) is 0 Å². The van der Waals surface area contributed by atoms with Gasteiger partial charge in [0.15, 0.2) is 0 Å². The lowest BCUT2D eigenvalue weighted by Crippen LogP contribution is -2.34. The van der Waals surface area contributed by atoms with E-state index < -0.39 is 5.97 Å². The van der Waals surface area contributed by atoms with Crippen LogP contribution in [0.3, 0.4) is 0 Å². The number of hydrogen-bond acceptors (Lipinski definition) is 4. The molecule has 132 valence electrons. The average Bonchev–Trinajstić information content (AvgIpc) is 2.61. The zero-order valence-electron chi connectivity index (χ0n) is 14.2. The van der Waals surface area contributed by atoms with Crippen molar-refractivity contribution in [3.63, 3.8) is 0 Å². The van der Waals surface area contributed by atoms with Crippen LogP contribution in [0.4, 0.5) is 0 Å². The molecule has 1 unspecified atom stereocenters. The summed E-state index contributed by atoms with van der Waals surface area (Å²) in [4.78, 5) is 22.8. The zero-order chi connectivity index (χ0) is 18.2. The van der Waals surface area contributed by atoms with Crippen molar-refractivity contribution in [1.82, 2.24) is 5.32 Å². The van der Waals surface area contributed by atoms with Crippen LogP contribution >= 0.6 is 0 Å². The lowest BCUT2D eigenvalue weighted by atomic mass is 10.1. The third-order valence-corrected chi connectivity index (χ3v) is 3.55. The van der Waals surface area contributed by atoms with Crippen molar-refractivity contribution < 1.29 is 24.2 Å². The number of methoxy groups -OCH3 is 1. The van der Waals surface area contributed by atoms with E-state index in [1.807, 2.05) is 6.92 Å². The molecule has 2 rings (SSSR count). The van der Waals surface area contributed by atoms with E-state index in [9.17, 15) is 9.59 Å².